The van der Waals surface area contributed by atoms with Gasteiger partial charge in [-0.05, 0) is 31.9 Å². The molecule has 1 fully saturated rings. The molecule has 0 radical (unpaired) electrons. The van der Waals surface area contributed by atoms with E-state index in [-0.39, 0.29) is 16.0 Å². The number of aromatic nitrogens is 2. The number of hydrogen-bond acceptors (Lipinski definition) is 6. The van der Waals surface area contributed by atoms with Crippen LogP contribution in [-0.2, 0) is 9.53 Å². The number of amides is 1. The van der Waals surface area contributed by atoms with E-state index in [0.717, 1.165) is 22.9 Å². The summed E-state index contributed by atoms with van der Waals surface area (Å²) in [5.74, 6) is 0.935. The zero-order valence-electron chi connectivity index (χ0n) is 17.3. The van der Waals surface area contributed by atoms with Crippen molar-refractivity contribution in [1.82, 2.24) is 9.97 Å². The molecule has 0 spiro atoms. The molecule has 1 aromatic carbocycles. The molecule has 9 heteroatoms. The number of pyridine rings is 2. The fraction of sp³-hybridized carbons (Fsp3) is 0.318. The van der Waals surface area contributed by atoms with Crippen molar-refractivity contribution in [2.45, 2.75) is 25.9 Å². The quantitative estimate of drug-likeness (QED) is 0.572. The van der Waals surface area contributed by atoms with Crippen molar-refractivity contribution in [3.63, 3.8) is 0 Å². The van der Waals surface area contributed by atoms with Gasteiger partial charge in [0.15, 0.2) is 0 Å². The largest absolute Gasteiger partial charge is 0.495 e. The highest BCUT2D eigenvalue weighted by Gasteiger charge is 2.26. The highest BCUT2D eigenvalue weighted by molar-refractivity contribution is 6.41. The second-order valence-electron chi connectivity index (χ2n) is 7.18. The number of fused-ring (bicyclic) bond motifs is 1. The van der Waals surface area contributed by atoms with Crippen LogP contribution in [0.15, 0.2) is 24.4 Å². The third-order valence-corrected chi connectivity index (χ3v) is 5.90. The van der Waals surface area contributed by atoms with Gasteiger partial charge < -0.3 is 19.5 Å². The molecule has 1 saturated heterocycles. The second kappa shape index (κ2) is 8.86. The van der Waals surface area contributed by atoms with Crippen LogP contribution in [-0.4, -0.2) is 42.8 Å². The molecule has 0 saturated carbocycles. The highest BCUT2D eigenvalue weighted by atomic mass is 35.5. The van der Waals surface area contributed by atoms with Crippen molar-refractivity contribution >= 4 is 45.7 Å². The van der Waals surface area contributed by atoms with Gasteiger partial charge in [-0.15, -0.1) is 0 Å². The van der Waals surface area contributed by atoms with Crippen molar-refractivity contribution in [3.05, 3.63) is 40.1 Å². The molecule has 1 atom stereocenters. The third kappa shape index (κ3) is 4.13. The number of anilines is 1. The van der Waals surface area contributed by atoms with Gasteiger partial charge in [0.25, 0.3) is 5.91 Å². The van der Waals surface area contributed by atoms with Gasteiger partial charge in [0.1, 0.15) is 23.4 Å². The maximum Gasteiger partial charge on any atom is 0.254 e. The van der Waals surface area contributed by atoms with Gasteiger partial charge in [-0.25, -0.2) is 4.98 Å². The Kier molecular flexibility index (Phi) is 6.18. The van der Waals surface area contributed by atoms with E-state index in [1.54, 1.807) is 12.3 Å². The van der Waals surface area contributed by atoms with Crippen LogP contribution in [0.3, 0.4) is 0 Å². The Bertz CT molecular complexity index is 1140. The fourth-order valence-corrected chi connectivity index (χ4v) is 4.26. The van der Waals surface area contributed by atoms with Crippen molar-refractivity contribution in [1.29, 1.82) is 0 Å². The van der Waals surface area contributed by atoms with Crippen LogP contribution in [0.2, 0.25) is 10.0 Å². The Morgan fingerprint density at radius 2 is 1.87 bits per heavy atom. The molecule has 162 valence electrons. The Balaban J connectivity index is 1.90. The Morgan fingerprint density at radius 3 is 2.48 bits per heavy atom. The summed E-state index contributed by atoms with van der Waals surface area (Å²) >= 11 is 13.2. The predicted molar refractivity (Wildman–Crippen MR) is 120 cm³/mol. The number of hydrogen-bond donors (Lipinski definition) is 1. The highest BCUT2D eigenvalue weighted by Crippen LogP contribution is 2.46. The minimum atomic E-state index is -0.493. The van der Waals surface area contributed by atoms with Gasteiger partial charge >= 0.3 is 0 Å². The number of carbonyl (C=O) groups excluding carboxylic acids is 1. The summed E-state index contributed by atoms with van der Waals surface area (Å²) in [7, 11) is 3.01. The molecule has 7 nitrogen and oxygen atoms in total. The molecule has 1 amide bonds. The monoisotopic (exact) mass is 461 g/mol. The van der Waals surface area contributed by atoms with E-state index in [2.05, 4.69) is 10.3 Å². The van der Waals surface area contributed by atoms with Gasteiger partial charge in [0.2, 0.25) is 0 Å². The maximum absolute atomic E-state index is 12.7. The molecule has 0 bridgehead atoms. The summed E-state index contributed by atoms with van der Waals surface area (Å²) < 4.78 is 16.3. The molecule has 1 N–H and O–H groups in total. The normalized spacial score (nSPS) is 15.8. The van der Waals surface area contributed by atoms with E-state index >= 15 is 0 Å². The zero-order valence-corrected chi connectivity index (χ0v) is 18.8. The predicted octanol–water partition coefficient (Wildman–Crippen LogP) is 5.05. The summed E-state index contributed by atoms with van der Waals surface area (Å²) in [6, 6.07) is 5.29. The van der Waals surface area contributed by atoms with Crippen molar-refractivity contribution in [2.75, 3.05) is 26.1 Å². The van der Waals surface area contributed by atoms with E-state index < -0.39 is 6.10 Å². The number of carbonyl (C=O) groups is 1. The second-order valence-corrected chi connectivity index (χ2v) is 7.93. The minimum absolute atomic E-state index is 0.238. The van der Waals surface area contributed by atoms with Crippen LogP contribution in [0.4, 0.5) is 5.82 Å². The number of benzene rings is 1. The van der Waals surface area contributed by atoms with E-state index in [1.165, 1.54) is 14.2 Å². The average Bonchev–Trinajstić information content (AvgIpc) is 3.30. The van der Waals surface area contributed by atoms with Crippen LogP contribution < -0.4 is 14.8 Å². The standard InChI is InChI=1S/C22H21Cl2N3O4/c1-11-7-13-12(10-25-11)8-14(26-21(13)27-22(28)15-5-4-6-31-15)18-19(23)16(29-2)9-17(30-3)20(18)24/h7-10,15H,4-6H2,1-3H3,(H,26,27,28). The molecule has 4 rings (SSSR count). The minimum Gasteiger partial charge on any atom is -0.495 e. The van der Waals surface area contributed by atoms with Gasteiger partial charge in [-0.3, -0.25) is 9.78 Å². The number of rotatable bonds is 5. The maximum atomic E-state index is 12.7. The topological polar surface area (TPSA) is 82.6 Å². The first kappa shape index (κ1) is 21.6. The summed E-state index contributed by atoms with van der Waals surface area (Å²) in [6.07, 6.45) is 2.75. The number of halogens is 2. The number of nitrogens with one attached hydrogen (secondary N) is 1. The number of aryl methyl sites for hydroxylation is 1. The smallest absolute Gasteiger partial charge is 0.254 e. The summed E-state index contributed by atoms with van der Waals surface area (Å²) in [4.78, 5) is 21.8. The number of ether oxygens (including phenoxy) is 3. The summed E-state index contributed by atoms with van der Waals surface area (Å²) in [6.45, 7) is 2.45. The van der Waals surface area contributed by atoms with E-state index in [0.29, 0.717) is 41.6 Å². The van der Waals surface area contributed by atoms with Gasteiger partial charge in [-0.2, -0.15) is 0 Å². The van der Waals surface area contributed by atoms with E-state index in [4.69, 9.17) is 42.4 Å². The van der Waals surface area contributed by atoms with Crippen molar-refractivity contribution < 1.29 is 19.0 Å². The lowest BCUT2D eigenvalue weighted by atomic mass is 10.1. The number of methoxy groups -OCH3 is 2. The summed E-state index contributed by atoms with van der Waals surface area (Å²) in [5.41, 5.74) is 1.69. The molecule has 1 aliphatic heterocycles. The first-order valence-electron chi connectivity index (χ1n) is 9.73. The molecule has 3 heterocycles. The molecule has 31 heavy (non-hydrogen) atoms. The third-order valence-electron chi connectivity index (χ3n) is 5.14. The molecular formula is C22H21Cl2N3O4. The lowest BCUT2D eigenvalue weighted by Crippen LogP contribution is -2.27. The molecular weight excluding hydrogens is 441 g/mol. The average molecular weight is 462 g/mol. The van der Waals surface area contributed by atoms with Crippen LogP contribution in [0.1, 0.15) is 18.5 Å². The summed E-state index contributed by atoms with van der Waals surface area (Å²) in [5, 5.41) is 5.01. The Labute approximate surface area is 189 Å². The van der Waals surface area contributed by atoms with Gasteiger partial charge in [-0.1, -0.05) is 23.2 Å². The first-order valence-corrected chi connectivity index (χ1v) is 10.5. The molecule has 1 aliphatic rings. The van der Waals surface area contributed by atoms with Crippen molar-refractivity contribution in [3.8, 4) is 22.8 Å². The lowest BCUT2D eigenvalue weighted by molar-refractivity contribution is -0.124. The first-order chi connectivity index (χ1) is 14.9. The number of nitrogens with zero attached hydrogens (tertiary/aromatic N) is 2. The zero-order chi connectivity index (χ0) is 22.1. The Hall–Kier alpha value is -2.61. The van der Waals surface area contributed by atoms with Gasteiger partial charge in [0.05, 0.1) is 30.0 Å². The van der Waals surface area contributed by atoms with Crippen LogP contribution in [0, 0.1) is 6.92 Å². The van der Waals surface area contributed by atoms with Crippen LogP contribution >= 0.6 is 23.2 Å². The van der Waals surface area contributed by atoms with Crippen LogP contribution in [0.5, 0.6) is 11.5 Å². The van der Waals surface area contributed by atoms with E-state index in [9.17, 15) is 4.79 Å². The van der Waals surface area contributed by atoms with Crippen molar-refractivity contribution in [2.24, 2.45) is 0 Å². The SMILES string of the molecule is COc1cc(OC)c(Cl)c(-c2cc3cnc(C)cc3c(NC(=O)C3CCCO3)n2)c1Cl. The molecule has 2 aromatic heterocycles. The fourth-order valence-electron chi connectivity index (χ4n) is 3.57. The Morgan fingerprint density at radius 1 is 1.16 bits per heavy atom. The molecule has 1 unspecified atom stereocenters. The molecule has 3 aromatic rings. The lowest BCUT2D eigenvalue weighted by Gasteiger charge is -2.17. The van der Waals surface area contributed by atoms with E-state index in [1.807, 2.05) is 19.1 Å². The molecule has 0 aliphatic carbocycles. The van der Waals surface area contributed by atoms with Crippen LogP contribution in [0.25, 0.3) is 22.0 Å². The van der Waals surface area contributed by atoms with Gasteiger partial charge in [0, 0.05) is 40.9 Å².